The SMILES string of the molecule is CC(=O)SCC(O)C(O)c1c[nH]ccc1=O. The van der Waals surface area contributed by atoms with Crippen LogP contribution in [0.5, 0.6) is 0 Å². The minimum Gasteiger partial charge on any atom is -0.389 e. The van der Waals surface area contributed by atoms with Crippen LogP contribution < -0.4 is 5.43 Å². The fourth-order valence-corrected chi connectivity index (χ4v) is 1.75. The predicted octanol–water partition coefficient (Wildman–Crippen LogP) is 0.0489. The molecule has 0 saturated heterocycles. The molecule has 0 aliphatic carbocycles. The number of aliphatic hydroxyl groups excluding tert-OH is 2. The summed E-state index contributed by atoms with van der Waals surface area (Å²) in [5.74, 6) is 0.0604. The lowest BCUT2D eigenvalue weighted by Crippen LogP contribution is -2.26. The number of rotatable bonds is 4. The summed E-state index contributed by atoms with van der Waals surface area (Å²) in [5.41, 5.74) is -0.253. The van der Waals surface area contributed by atoms with E-state index in [0.29, 0.717) is 0 Å². The Kier molecular flexibility index (Phi) is 4.72. The largest absolute Gasteiger partial charge is 0.389 e. The molecule has 0 aliphatic heterocycles. The van der Waals surface area contributed by atoms with E-state index < -0.39 is 12.2 Å². The molecule has 16 heavy (non-hydrogen) atoms. The molecule has 1 aromatic rings. The molecule has 0 aromatic carbocycles. The summed E-state index contributed by atoms with van der Waals surface area (Å²) in [6.07, 6.45) is 0.360. The Morgan fingerprint density at radius 2 is 2.25 bits per heavy atom. The molecule has 2 unspecified atom stereocenters. The van der Waals surface area contributed by atoms with Crippen molar-refractivity contribution in [1.82, 2.24) is 4.98 Å². The third kappa shape index (κ3) is 3.48. The standard InChI is InChI=1S/C10H13NO4S/c1-6(12)16-5-9(14)10(15)7-4-11-3-2-8(7)13/h2-4,9-10,14-15H,5H2,1H3,(H,11,13). The zero-order valence-electron chi connectivity index (χ0n) is 8.71. The average molecular weight is 243 g/mol. The molecule has 0 saturated carbocycles. The average Bonchev–Trinajstić information content (AvgIpc) is 2.25. The molecule has 3 N–H and O–H groups in total. The van der Waals surface area contributed by atoms with Crippen LogP contribution >= 0.6 is 11.8 Å². The van der Waals surface area contributed by atoms with Gasteiger partial charge in [-0.05, 0) is 0 Å². The Bertz CT molecular complexity index is 417. The molecule has 5 nitrogen and oxygen atoms in total. The van der Waals surface area contributed by atoms with E-state index in [1.807, 2.05) is 0 Å². The number of aromatic nitrogens is 1. The number of aromatic amines is 1. The maximum absolute atomic E-state index is 11.3. The van der Waals surface area contributed by atoms with Gasteiger partial charge in [0.25, 0.3) is 0 Å². The van der Waals surface area contributed by atoms with Crippen LogP contribution in [-0.4, -0.2) is 32.2 Å². The summed E-state index contributed by atoms with van der Waals surface area (Å²) in [7, 11) is 0. The fourth-order valence-electron chi connectivity index (χ4n) is 1.16. The van der Waals surface area contributed by atoms with E-state index in [1.165, 1.54) is 25.4 Å². The first kappa shape index (κ1) is 13.0. The Hall–Kier alpha value is -1.11. The summed E-state index contributed by atoms with van der Waals surface area (Å²) in [6, 6.07) is 1.27. The molecule has 0 amide bonds. The Balaban J connectivity index is 2.70. The maximum atomic E-state index is 11.3. The van der Waals surface area contributed by atoms with Gasteiger partial charge in [0, 0.05) is 36.7 Å². The van der Waals surface area contributed by atoms with Crippen LogP contribution in [0, 0.1) is 0 Å². The number of pyridine rings is 1. The number of nitrogens with one attached hydrogen (secondary N) is 1. The van der Waals surface area contributed by atoms with Crippen molar-refractivity contribution in [2.24, 2.45) is 0 Å². The van der Waals surface area contributed by atoms with E-state index in [4.69, 9.17) is 0 Å². The maximum Gasteiger partial charge on any atom is 0.187 e. The van der Waals surface area contributed by atoms with Crippen LogP contribution in [0.1, 0.15) is 18.6 Å². The van der Waals surface area contributed by atoms with Gasteiger partial charge in [0.2, 0.25) is 0 Å². The van der Waals surface area contributed by atoms with Crippen LogP contribution in [0.4, 0.5) is 0 Å². The molecule has 1 aromatic heterocycles. The number of aliphatic hydroxyl groups is 2. The topological polar surface area (TPSA) is 90.4 Å². The van der Waals surface area contributed by atoms with E-state index in [2.05, 4.69) is 4.98 Å². The van der Waals surface area contributed by atoms with E-state index in [-0.39, 0.29) is 21.9 Å². The first-order valence-corrected chi connectivity index (χ1v) is 5.67. The van der Waals surface area contributed by atoms with Crippen molar-refractivity contribution >= 4 is 16.9 Å². The summed E-state index contributed by atoms with van der Waals surface area (Å²) in [4.78, 5) is 24.7. The van der Waals surface area contributed by atoms with Crippen molar-refractivity contribution in [1.29, 1.82) is 0 Å². The van der Waals surface area contributed by atoms with Crippen molar-refractivity contribution in [3.63, 3.8) is 0 Å². The first-order chi connectivity index (χ1) is 7.52. The van der Waals surface area contributed by atoms with E-state index in [1.54, 1.807) is 0 Å². The van der Waals surface area contributed by atoms with Crippen LogP contribution in [0.15, 0.2) is 23.3 Å². The fraction of sp³-hybridized carbons (Fsp3) is 0.400. The number of hydrogen-bond donors (Lipinski definition) is 3. The van der Waals surface area contributed by atoms with E-state index >= 15 is 0 Å². The summed E-state index contributed by atoms with van der Waals surface area (Å²) >= 11 is 0.907. The molecule has 1 rings (SSSR count). The monoisotopic (exact) mass is 243 g/mol. The summed E-state index contributed by atoms with van der Waals surface area (Å²) in [6.45, 7) is 1.37. The van der Waals surface area contributed by atoms with Crippen LogP contribution in [-0.2, 0) is 4.79 Å². The van der Waals surface area contributed by atoms with Gasteiger partial charge in [-0.2, -0.15) is 0 Å². The number of hydrogen-bond acceptors (Lipinski definition) is 5. The first-order valence-electron chi connectivity index (χ1n) is 4.69. The highest BCUT2D eigenvalue weighted by atomic mass is 32.2. The van der Waals surface area contributed by atoms with Crippen LogP contribution in [0.3, 0.4) is 0 Å². The lowest BCUT2D eigenvalue weighted by atomic mass is 10.1. The van der Waals surface area contributed by atoms with Crippen molar-refractivity contribution in [3.8, 4) is 0 Å². The predicted molar refractivity (Wildman–Crippen MR) is 61.2 cm³/mol. The Labute approximate surface area is 96.5 Å². The second kappa shape index (κ2) is 5.83. The van der Waals surface area contributed by atoms with Gasteiger partial charge in [0.15, 0.2) is 10.5 Å². The highest BCUT2D eigenvalue weighted by Gasteiger charge is 2.21. The van der Waals surface area contributed by atoms with Gasteiger partial charge in [-0.25, -0.2) is 0 Å². The van der Waals surface area contributed by atoms with Gasteiger partial charge >= 0.3 is 0 Å². The lowest BCUT2D eigenvalue weighted by molar-refractivity contribution is -0.109. The van der Waals surface area contributed by atoms with Crippen molar-refractivity contribution < 1.29 is 15.0 Å². The molecule has 1 heterocycles. The molecule has 0 spiro atoms. The van der Waals surface area contributed by atoms with Gasteiger partial charge in [0.05, 0.1) is 6.10 Å². The van der Waals surface area contributed by atoms with Gasteiger partial charge in [-0.3, -0.25) is 9.59 Å². The minimum absolute atomic E-state index is 0.0604. The lowest BCUT2D eigenvalue weighted by Gasteiger charge is -2.16. The quantitative estimate of drug-likeness (QED) is 0.695. The molecule has 2 atom stereocenters. The second-order valence-electron chi connectivity index (χ2n) is 3.28. The number of carbonyl (C=O) groups excluding carboxylic acids is 1. The molecule has 0 fully saturated rings. The van der Waals surface area contributed by atoms with Gasteiger partial charge in [-0.15, -0.1) is 0 Å². The zero-order valence-corrected chi connectivity index (χ0v) is 9.53. The summed E-state index contributed by atoms with van der Waals surface area (Å²) < 4.78 is 0. The number of H-pyrrole nitrogens is 1. The van der Waals surface area contributed by atoms with Crippen molar-refractivity contribution in [2.75, 3.05) is 5.75 Å². The molecule has 0 bridgehead atoms. The van der Waals surface area contributed by atoms with Crippen LogP contribution in [0.2, 0.25) is 0 Å². The number of carbonyl (C=O) groups is 1. The molecule has 6 heteroatoms. The number of thioether (sulfide) groups is 1. The van der Waals surface area contributed by atoms with E-state index in [0.717, 1.165) is 11.8 Å². The third-order valence-electron chi connectivity index (χ3n) is 1.99. The Morgan fingerprint density at radius 1 is 1.56 bits per heavy atom. The Morgan fingerprint density at radius 3 is 2.81 bits per heavy atom. The second-order valence-corrected chi connectivity index (χ2v) is 4.48. The normalized spacial score (nSPS) is 14.4. The van der Waals surface area contributed by atoms with Gasteiger partial charge < -0.3 is 15.2 Å². The zero-order chi connectivity index (χ0) is 12.1. The van der Waals surface area contributed by atoms with Crippen molar-refractivity contribution in [2.45, 2.75) is 19.1 Å². The highest BCUT2D eigenvalue weighted by Crippen LogP contribution is 2.16. The summed E-state index contributed by atoms with van der Waals surface area (Å²) in [5, 5.41) is 19.1. The molecule has 0 aliphatic rings. The van der Waals surface area contributed by atoms with E-state index in [9.17, 15) is 19.8 Å². The third-order valence-corrected chi connectivity index (χ3v) is 2.91. The highest BCUT2D eigenvalue weighted by molar-refractivity contribution is 8.13. The van der Waals surface area contributed by atoms with Crippen molar-refractivity contribution in [3.05, 3.63) is 34.2 Å². The minimum atomic E-state index is -1.28. The molecule has 0 radical (unpaired) electrons. The van der Waals surface area contributed by atoms with Gasteiger partial charge in [0.1, 0.15) is 6.10 Å². The van der Waals surface area contributed by atoms with Crippen LogP contribution in [0.25, 0.3) is 0 Å². The molecular weight excluding hydrogens is 230 g/mol. The molecule has 88 valence electrons. The van der Waals surface area contributed by atoms with Gasteiger partial charge in [-0.1, -0.05) is 11.8 Å². The molecular formula is C10H13NO4S. The smallest absolute Gasteiger partial charge is 0.187 e.